The van der Waals surface area contributed by atoms with Crippen molar-refractivity contribution in [1.29, 1.82) is 0 Å². The molecule has 0 bridgehead atoms. The molecule has 0 heterocycles. The topological polar surface area (TPSA) is 0 Å². The summed E-state index contributed by atoms with van der Waals surface area (Å²) in [5.74, 6) is 0. The minimum absolute atomic E-state index is 0.242. The molecule has 0 unspecified atom stereocenters. The summed E-state index contributed by atoms with van der Waals surface area (Å²) in [6.07, 6.45) is -0.917. The Kier molecular flexibility index (Phi) is 8.80. The Morgan fingerprint density at radius 3 is 0.909 bits per heavy atom. The van der Waals surface area contributed by atoms with Gasteiger partial charge in [0.1, 0.15) is 0 Å². The highest BCUT2D eigenvalue weighted by atomic mass is 31.1. The van der Waals surface area contributed by atoms with E-state index in [0.29, 0.717) is 20.6 Å². The summed E-state index contributed by atoms with van der Waals surface area (Å²) in [7, 11) is -0.484. The third-order valence-corrected chi connectivity index (χ3v) is 15.6. The molecule has 0 aliphatic heterocycles. The monoisotopic (exact) mass is 483 g/mol. The van der Waals surface area contributed by atoms with Gasteiger partial charge in [-0.15, -0.1) is 28.0 Å². The van der Waals surface area contributed by atoms with Crippen LogP contribution in [0.5, 0.6) is 0 Å². The van der Waals surface area contributed by atoms with Crippen molar-refractivity contribution in [2.24, 2.45) is 0 Å². The lowest BCUT2D eigenvalue weighted by Crippen LogP contribution is -2.66. The van der Waals surface area contributed by atoms with Crippen molar-refractivity contribution in [3.8, 4) is 0 Å². The maximum absolute atomic E-state index is 2.48. The van der Waals surface area contributed by atoms with Crippen LogP contribution in [-0.2, 0) is 0 Å². The predicted octanol–water partition coefficient (Wildman–Crippen LogP) is 8.49. The van der Waals surface area contributed by atoms with Gasteiger partial charge in [-0.25, -0.2) is 10.9 Å². The van der Waals surface area contributed by atoms with Crippen LogP contribution in [0.4, 0.5) is 0 Å². The number of hydrogen-bond acceptors (Lipinski definition) is 0. The Bertz CT molecular complexity index is 758. The molecule has 2 aromatic rings. The average molecular weight is 483 g/mol. The van der Waals surface area contributed by atoms with Gasteiger partial charge in [0.25, 0.3) is 0 Å². The molecule has 2 rings (SSSR count). The zero-order valence-corrected chi connectivity index (χ0v) is 25.4. The molecule has 0 saturated heterocycles. The third-order valence-electron chi connectivity index (χ3n) is 7.10. The fourth-order valence-electron chi connectivity index (χ4n) is 6.05. The quantitative estimate of drug-likeness (QED) is 0.286. The number of rotatable bonds is 6. The van der Waals surface area contributed by atoms with Crippen molar-refractivity contribution in [3.05, 3.63) is 60.7 Å². The Morgan fingerprint density at radius 2 is 0.697 bits per heavy atom. The van der Waals surface area contributed by atoms with Crippen LogP contribution < -0.4 is 10.9 Å². The fourth-order valence-corrected chi connectivity index (χ4v) is 14.8. The van der Waals surface area contributed by atoms with E-state index in [9.17, 15) is 0 Å². The van der Waals surface area contributed by atoms with E-state index < -0.39 is 6.15 Å². The van der Waals surface area contributed by atoms with Gasteiger partial charge in [0.15, 0.2) is 0 Å². The molecular weight excluding hydrogens is 433 g/mol. The lowest BCUT2D eigenvalue weighted by molar-refractivity contribution is 0.707. The van der Waals surface area contributed by atoms with Gasteiger partial charge in [-0.3, -0.25) is 0 Å². The van der Waals surface area contributed by atoms with E-state index in [2.05, 4.69) is 144 Å². The van der Waals surface area contributed by atoms with Crippen LogP contribution in [0.25, 0.3) is 0 Å². The van der Waals surface area contributed by atoms with E-state index in [1.807, 2.05) is 0 Å². The summed E-state index contributed by atoms with van der Waals surface area (Å²) in [5.41, 5.74) is 3.12. The molecule has 0 nitrogen and oxygen atoms in total. The van der Waals surface area contributed by atoms with E-state index in [0.717, 1.165) is 0 Å². The number of hydrogen-bond donors (Lipinski definition) is 0. The minimum atomic E-state index is -0.917. The van der Waals surface area contributed by atoms with Gasteiger partial charge < -0.3 is 0 Å². The molecule has 0 aliphatic carbocycles. The Morgan fingerprint density at radius 1 is 0.455 bits per heavy atom. The van der Waals surface area contributed by atoms with Gasteiger partial charge in [-0.1, -0.05) is 144 Å². The van der Waals surface area contributed by atoms with Crippen molar-refractivity contribution < 1.29 is 0 Å². The number of benzene rings is 2. The summed E-state index contributed by atoms with van der Waals surface area (Å²) in [5, 5.41) is 1.21. The predicted molar refractivity (Wildman–Crippen MR) is 160 cm³/mol. The Hall–Kier alpha value is -0.635. The summed E-state index contributed by atoms with van der Waals surface area (Å²) >= 11 is 0. The van der Waals surface area contributed by atoms with Gasteiger partial charge >= 0.3 is 0 Å². The molecular formula is C30H50BP2-. The van der Waals surface area contributed by atoms with Crippen LogP contribution in [0, 0.1) is 0 Å². The van der Waals surface area contributed by atoms with E-state index in [4.69, 9.17) is 0 Å². The normalized spacial score (nSPS) is 14.2. The van der Waals surface area contributed by atoms with Crippen LogP contribution in [0.15, 0.2) is 60.7 Å². The summed E-state index contributed by atoms with van der Waals surface area (Å²) in [6, 6.07) is 25.8. The SMILES string of the molecule is CC(C)(C)P(C[B-](CP(C(C)(C)C)C(C)(C)C)(c1ccccc1)c1ccccc1)C(C)(C)C. The van der Waals surface area contributed by atoms with Crippen molar-refractivity contribution >= 4 is 32.9 Å². The summed E-state index contributed by atoms with van der Waals surface area (Å²) in [4.78, 5) is 0. The first kappa shape index (κ1) is 28.6. The molecule has 184 valence electrons. The van der Waals surface area contributed by atoms with Crippen LogP contribution >= 0.6 is 15.8 Å². The summed E-state index contributed by atoms with van der Waals surface area (Å²) < 4.78 is 0. The van der Waals surface area contributed by atoms with Crippen molar-refractivity contribution in [1.82, 2.24) is 0 Å². The maximum atomic E-state index is 2.48. The first-order valence-corrected chi connectivity index (χ1v) is 15.8. The highest BCUT2D eigenvalue weighted by molar-refractivity contribution is 7.68. The van der Waals surface area contributed by atoms with Crippen molar-refractivity contribution in [2.75, 3.05) is 12.1 Å². The van der Waals surface area contributed by atoms with Gasteiger partial charge in [-0.05, 0) is 20.6 Å². The van der Waals surface area contributed by atoms with Crippen LogP contribution in [0.1, 0.15) is 83.1 Å². The lowest BCUT2D eigenvalue weighted by Gasteiger charge is -2.56. The largest absolute Gasteiger partial charge is 0.204 e. The van der Waals surface area contributed by atoms with E-state index >= 15 is 0 Å². The fraction of sp³-hybridized carbons (Fsp3) is 0.600. The molecule has 0 radical (unpaired) electrons. The minimum Gasteiger partial charge on any atom is -0.204 e. The zero-order valence-electron chi connectivity index (χ0n) is 23.7. The highest BCUT2D eigenvalue weighted by Gasteiger charge is 2.44. The second-order valence-corrected chi connectivity index (χ2v) is 21.8. The zero-order chi connectivity index (χ0) is 25.3. The molecule has 33 heavy (non-hydrogen) atoms. The first-order chi connectivity index (χ1) is 14.9. The Labute approximate surface area is 209 Å². The van der Waals surface area contributed by atoms with E-state index in [-0.39, 0.29) is 15.8 Å². The van der Waals surface area contributed by atoms with Crippen molar-refractivity contribution in [2.45, 2.75) is 104 Å². The lowest BCUT2D eigenvalue weighted by atomic mass is 9.21. The van der Waals surface area contributed by atoms with Crippen molar-refractivity contribution in [3.63, 3.8) is 0 Å². The van der Waals surface area contributed by atoms with Crippen LogP contribution in [-0.4, -0.2) is 38.9 Å². The van der Waals surface area contributed by atoms with Crippen LogP contribution in [0.3, 0.4) is 0 Å². The molecule has 2 aromatic carbocycles. The molecule has 0 atom stereocenters. The molecule has 3 heteroatoms. The molecule has 0 aliphatic rings. The van der Waals surface area contributed by atoms with E-state index in [1.54, 1.807) is 10.9 Å². The molecule has 0 amide bonds. The maximum Gasteiger partial charge on any atom is 0.0632 e. The highest BCUT2D eigenvalue weighted by Crippen LogP contribution is 2.64. The third kappa shape index (κ3) is 7.18. The second-order valence-electron chi connectivity index (χ2n) is 14.0. The molecule has 0 fully saturated rings. The Balaban J connectivity index is 2.88. The van der Waals surface area contributed by atoms with Gasteiger partial charge in [-0.2, -0.15) is 0 Å². The van der Waals surface area contributed by atoms with Crippen LogP contribution in [0.2, 0.25) is 0 Å². The smallest absolute Gasteiger partial charge is 0.0632 e. The summed E-state index contributed by atoms with van der Waals surface area (Å²) in [6.45, 7) is 29.8. The van der Waals surface area contributed by atoms with Gasteiger partial charge in [0, 0.05) is 0 Å². The van der Waals surface area contributed by atoms with Gasteiger partial charge in [0.05, 0.1) is 6.15 Å². The first-order valence-electron chi connectivity index (χ1n) is 12.7. The second kappa shape index (κ2) is 10.2. The van der Waals surface area contributed by atoms with E-state index in [1.165, 1.54) is 12.1 Å². The molecule has 0 saturated carbocycles. The van der Waals surface area contributed by atoms with Gasteiger partial charge in [0.2, 0.25) is 0 Å². The standard InChI is InChI=1S/C30H50BP2/c1-27(2,3)32(28(4,5)6)23-31(25-19-15-13-16-20-25,26-21-17-14-18-22-26)24-33(29(7,8)9)30(10,11)12/h13-22H,23-24H2,1-12H3/q-1. The molecule has 0 spiro atoms. The molecule has 0 aromatic heterocycles. The average Bonchev–Trinajstić information content (AvgIpc) is 2.66. The molecule has 0 N–H and O–H groups in total.